The monoisotopic (exact) mass is 447 g/mol. The fraction of sp³-hybridized carbons (Fsp3) is 0.0870. The highest BCUT2D eigenvalue weighted by molar-refractivity contribution is 7.80. The number of carbonyl (C=O) groups excluding carboxylic acids is 1. The van der Waals surface area contributed by atoms with Gasteiger partial charge in [0, 0.05) is 16.5 Å². The van der Waals surface area contributed by atoms with Crippen molar-refractivity contribution in [2.45, 2.75) is 0 Å². The zero-order valence-electron chi connectivity index (χ0n) is 16.3. The van der Waals surface area contributed by atoms with Crippen molar-refractivity contribution < 1.29 is 14.3 Å². The van der Waals surface area contributed by atoms with Crippen LogP contribution < -0.4 is 20.1 Å². The average Bonchev–Trinajstić information content (AvgIpc) is 3.26. The van der Waals surface area contributed by atoms with Crippen LogP contribution in [0, 0.1) is 0 Å². The Hall–Kier alpha value is -3.49. The molecule has 154 valence electrons. The molecule has 3 aromatic carbocycles. The molecule has 1 amide bonds. The molecule has 2 heterocycles. The molecule has 0 unspecified atom stereocenters. The van der Waals surface area contributed by atoms with E-state index in [0.717, 1.165) is 16.6 Å². The number of amides is 1. The van der Waals surface area contributed by atoms with Crippen molar-refractivity contribution in [2.24, 2.45) is 0 Å². The Morgan fingerprint density at radius 1 is 0.968 bits per heavy atom. The first-order chi connectivity index (χ1) is 15.2. The number of thiocarbonyl (C=S) groups is 1. The van der Waals surface area contributed by atoms with E-state index in [1.807, 2.05) is 23.6 Å². The summed E-state index contributed by atoms with van der Waals surface area (Å²) in [6.45, 7) is 0.961. The van der Waals surface area contributed by atoms with Crippen LogP contribution in [-0.2, 0) is 0 Å². The van der Waals surface area contributed by atoms with E-state index in [1.54, 1.807) is 18.2 Å². The molecular formula is C23H17N3O3S2. The summed E-state index contributed by atoms with van der Waals surface area (Å²) in [6.07, 6.45) is 0. The van der Waals surface area contributed by atoms with Crippen LogP contribution in [-0.4, -0.2) is 29.2 Å². The van der Waals surface area contributed by atoms with Crippen LogP contribution in [0.5, 0.6) is 11.5 Å². The summed E-state index contributed by atoms with van der Waals surface area (Å²) in [5.41, 5.74) is 2.30. The second-order valence-electron chi connectivity index (χ2n) is 6.87. The predicted octanol–water partition coefficient (Wildman–Crippen LogP) is 4.86. The molecule has 31 heavy (non-hydrogen) atoms. The Balaban J connectivity index is 1.25. The smallest absolute Gasteiger partial charge is 0.257 e. The molecule has 0 spiro atoms. The quantitative estimate of drug-likeness (QED) is 0.437. The summed E-state index contributed by atoms with van der Waals surface area (Å²) in [4.78, 5) is 17.1. The van der Waals surface area contributed by atoms with Crippen LogP contribution in [0.3, 0.4) is 0 Å². The van der Waals surface area contributed by atoms with Gasteiger partial charge in [0.15, 0.2) is 21.7 Å². The zero-order valence-corrected chi connectivity index (χ0v) is 17.9. The van der Waals surface area contributed by atoms with Crippen LogP contribution >= 0.6 is 23.6 Å². The molecule has 0 bridgehead atoms. The number of anilines is 1. The van der Waals surface area contributed by atoms with Gasteiger partial charge in [-0.25, -0.2) is 4.98 Å². The maximum Gasteiger partial charge on any atom is 0.257 e. The molecular weight excluding hydrogens is 430 g/mol. The predicted molar refractivity (Wildman–Crippen MR) is 126 cm³/mol. The summed E-state index contributed by atoms with van der Waals surface area (Å²) in [5, 5.41) is 10.7. The highest BCUT2D eigenvalue weighted by atomic mass is 32.1. The third-order valence-electron chi connectivity index (χ3n) is 4.80. The van der Waals surface area contributed by atoms with Gasteiger partial charge in [0.05, 0.1) is 5.69 Å². The van der Waals surface area contributed by atoms with Gasteiger partial charge in [0.25, 0.3) is 5.91 Å². The van der Waals surface area contributed by atoms with E-state index in [2.05, 4.69) is 39.9 Å². The van der Waals surface area contributed by atoms with Gasteiger partial charge in [-0.3, -0.25) is 10.1 Å². The minimum Gasteiger partial charge on any atom is -0.486 e. The van der Waals surface area contributed by atoms with Gasteiger partial charge in [-0.2, -0.15) is 0 Å². The molecule has 1 aliphatic rings. The number of rotatable bonds is 3. The molecule has 0 radical (unpaired) electrons. The molecule has 6 nitrogen and oxygen atoms in total. The Morgan fingerprint density at radius 2 is 1.77 bits per heavy atom. The van der Waals surface area contributed by atoms with E-state index in [-0.39, 0.29) is 11.0 Å². The Bertz CT molecular complexity index is 1300. The third-order valence-corrected chi connectivity index (χ3v) is 5.76. The zero-order chi connectivity index (χ0) is 21.2. The molecule has 4 aromatic rings. The van der Waals surface area contributed by atoms with Crippen LogP contribution in [0.25, 0.3) is 22.0 Å². The largest absolute Gasteiger partial charge is 0.486 e. The minimum atomic E-state index is -0.333. The second-order valence-corrected chi connectivity index (χ2v) is 8.13. The summed E-state index contributed by atoms with van der Waals surface area (Å²) < 4.78 is 11.0. The summed E-state index contributed by atoms with van der Waals surface area (Å²) in [5.74, 6) is 0.853. The maximum atomic E-state index is 12.5. The number of thiazole rings is 1. The highest BCUT2D eigenvalue weighted by Gasteiger charge is 2.16. The lowest BCUT2D eigenvalue weighted by Crippen LogP contribution is -2.34. The Morgan fingerprint density at radius 3 is 2.65 bits per heavy atom. The van der Waals surface area contributed by atoms with Gasteiger partial charge in [-0.15, -0.1) is 11.3 Å². The number of nitrogens with zero attached hydrogens (tertiary/aromatic N) is 1. The van der Waals surface area contributed by atoms with E-state index in [9.17, 15) is 4.79 Å². The van der Waals surface area contributed by atoms with E-state index >= 15 is 0 Å². The fourth-order valence-corrected chi connectivity index (χ4v) is 4.28. The van der Waals surface area contributed by atoms with Gasteiger partial charge in [0.1, 0.15) is 13.2 Å². The van der Waals surface area contributed by atoms with Gasteiger partial charge < -0.3 is 14.8 Å². The lowest BCUT2D eigenvalue weighted by molar-refractivity contribution is 0.0976. The molecule has 0 atom stereocenters. The lowest BCUT2D eigenvalue weighted by Gasteiger charge is -2.18. The van der Waals surface area contributed by atoms with Crippen LogP contribution in [0.1, 0.15) is 10.4 Å². The van der Waals surface area contributed by atoms with Crippen molar-refractivity contribution >= 4 is 50.5 Å². The van der Waals surface area contributed by atoms with Crippen molar-refractivity contribution in [1.29, 1.82) is 0 Å². The van der Waals surface area contributed by atoms with E-state index in [1.165, 1.54) is 16.7 Å². The minimum absolute atomic E-state index is 0.180. The summed E-state index contributed by atoms with van der Waals surface area (Å²) in [6, 6.07) is 19.5. The number of benzene rings is 3. The first kappa shape index (κ1) is 19.5. The third kappa shape index (κ3) is 4.21. The number of aromatic nitrogens is 1. The Labute approximate surface area is 187 Å². The first-order valence-corrected chi connectivity index (χ1v) is 10.9. The van der Waals surface area contributed by atoms with Crippen molar-refractivity contribution in [1.82, 2.24) is 10.3 Å². The molecule has 0 saturated carbocycles. The first-order valence-electron chi connectivity index (χ1n) is 9.62. The SMILES string of the molecule is O=C(NC(=S)Nc1nc(-c2ccc3ccccc3c2)cs1)c1ccc2c(c1)OCCO2. The average molecular weight is 448 g/mol. The van der Waals surface area contributed by atoms with E-state index in [4.69, 9.17) is 21.7 Å². The molecule has 5 rings (SSSR count). The second kappa shape index (κ2) is 8.33. The molecule has 0 aliphatic carbocycles. The van der Waals surface area contributed by atoms with Crippen LogP contribution in [0.4, 0.5) is 5.13 Å². The van der Waals surface area contributed by atoms with Crippen molar-refractivity contribution in [3.8, 4) is 22.8 Å². The van der Waals surface area contributed by atoms with Gasteiger partial charge >= 0.3 is 0 Å². The van der Waals surface area contributed by atoms with E-state index < -0.39 is 0 Å². The summed E-state index contributed by atoms with van der Waals surface area (Å²) >= 11 is 6.71. The number of hydrogen-bond acceptors (Lipinski definition) is 6. The number of carbonyl (C=O) groups is 1. The topological polar surface area (TPSA) is 72.5 Å². The van der Waals surface area contributed by atoms with Crippen LogP contribution in [0.15, 0.2) is 66.0 Å². The standard InChI is InChI=1S/C23H17N3O3S2/c27-21(17-7-8-19-20(12-17)29-10-9-28-19)25-22(30)26-23-24-18(13-31-23)16-6-5-14-3-1-2-4-15(14)11-16/h1-8,11-13H,9-10H2,(H2,24,25,26,27,30). The van der Waals surface area contributed by atoms with Crippen LogP contribution in [0.2, 0.25) is 0 Å². The van der Waals surface area contributed by atoms with Crippen molar-refractivity contribution in [3.63, 3.8) is 0 Å². The number of fused-ring (bicyclic) bond motifs is 2. The molecule has 1 aromatic heterocycles. The number of nitrogens with one attached hydrogen (secondary N) is 2. The van der Waals surface area contributed by atoms with Crippen molar-refractivity contribution in [2.75, 3.05) is 18.5 Å². The summed E-state index contributed by atoms with van der Waals surface area (Å²) in [7, 11) is 0. The lowest BCUT2D eigenvalue weighted by atomic mass is 10.1. The van der Waals surface area contributed by atoms with E-state index in [0.29, 0.717) is 35.4 Å². The molecule has 0 saturated heterocycles. The molecule has 0 fully saturated rings. The highest BCUT2D eigenvalue weighted by Crippen LogP contribution is 2.31. The van der Waals surface area contributed by atoms with Gasteiger partial charge in [-0.1, -0.05) is 36.4 Å². The Kier molecular flexibility index (Phi) is 5.23. The normalized spacial score (nSPS) is 12.4. The maximum absolute atomic E-state index is 12.5. The molecule has 2 N–H and O–H groups in total. The number of hydrogen-bond donors (Lipinski definition) is 2. The molecule has 1 aliphatic heterocycles. The molecule has 8 heteroatoms. The van der Waals surface area contributed by atoms with Crippen molar-refractivity contribution in [3.05, 3.63) is 71.6 Å². The van der Waals surface area contributed by atoms with Gasteiger partial charge in [-0.05, 0) is 47.3 Å². The number of ether oxygens (including phenoxy) is 2. The fourth-order valence-electron chi connectivity index (χ4n) is 3.30. The van der Waals surface area contributed by atoms with Gasteiger partial charge in [0.2, 0.25) is 0 Å².